The molecule has 0 radical (unpaired) electrons. The van der Waals surface area contributed by atoms with Crippen molar-refractivity contribution in [2.24, 2.45) is 0 Å². The summed E-state index contributed by atoms with van der Waals surface area (Å²) in [4.78, 5) is 9.64. The number of nitrogens with zero attached hydrogens (tertiary/aromatic N) is 3. The van der Waals surface area contributed by atoms with Crippen molar-refractivity contribution in [3.63, 3.8) is 0 Å². The molecule has 2 aliphatic heterocycles. The largest absolute Gasteiger partial charge is 0.495 e. The molecule has 0 aliphatic carbocycles. The highest BCUT2D eigenvalue weighted by Gasteiger charge is 2.37. The van der Waals surface area contributed by atoms with Gasteiger partial charge in [0.25, 0.3) is 11.8 Å². The van der Waals surface area contributed by atoms with Crippen LogP contribution in [0.25, 0.3) is 0 Å². The van der Waals surface area contributed by atoms with Gasteiger partial charge in [0.1, 0.15) is 5.75 Å². The molecular formula is C20H24Br2F4N4O. The van der Waals surface area contributed by atoms with E-state index in [9.17, 15) is 17.6 Å². The Morgan fingerprint density at radius 1 is 1.00 bits per heavy atom. The minimum absolute atomic E-state index is 0.00694. The molecule has 4 rings (SSSR count). The summed E-state index contributed by atoms with van der Waals surface area (Å²) in [6.07, 6.45) is 6.73. The molecule has 2 saturated heterocycles. The van der Waals surface area contributed by atoms with Gasteiger partial charge in [-0.3, -0.25) is 14.9 Å². The molecule has 1 N–H and O–H groups in total. The molecule has 5 nitrogen and oxygen atoms in total. The molecule has 2 aromatic rings. The monoisotopic (exact) mass is 570 g/mol. The van der Waals surface area contributed by atoms with Crippen molar-refractivity contribution in [1.29, 1.82) is 0 Å². The summed E-state index contributed by atoms with van der Waals surface area (Å²) in [5.74, 6) is -4.16. The Balaban J connectivity index is 0.000000181. The van der Waals surface area contributed by atoms with Gasteiger partial charge in [0.2, 0.25) is 0 Å². The van der Waals surface area contributed by atoms with E-state index in [2.05, 4.69) is 47.1 Å². The van der Waals surface area contributed by atoms with Crippen LogP contribution in [0.4, 0.5) is 17.6 Å². The first-order valence-electron chi connectivity index (χ1n) is 9.51. The smallest absolute Gasteiger partial charge is 0.261 e. The van der Waals surface area contributed by atoms with E-state index in [0.717, 1.165) is 20.3 Å². The number of alkyl halides is 4. The predicted molar refractivity (Wildman–Crippen MR) is 118 cm³/mol. The third-order valence-electron chi connectivity index (χ3n) is 4.38. The molecular weight excluding hydrogens is 548 g/mol. The fourth-order valence-electron chi connectivity index (χ4n) is 2.88. The fraction of sp³-hybridized carbons (Fsp3) is 0.500. The van der Waals surface area contributed by atoms with Crippen LogP contribution in [0.3, 0.4) is 0 Å². The molecule has 31 heavy (non-hydrogen) atoms. The van der Waals surface area contributed by atoms with Crippen molar-refractivity contribution in [2.75, 3.05) is 33.3 Å². The number of methoxy groups -OCH3 is 1. The number of nitrogens with one attached hydrogen (secondary N) is 1. The first-order valence-corrected chi connectivity index (χ1v) is 11.1. The van der Waals surface area contributed by atoms with Gasteiger partial charge in [-0.05, 0) is 49.6 Å². The fourth-order valence-corrected chi connectivity index (χ4v) is 3.63. The lowest BCUT2D eigenvalue weighted by Crippen LogP contribution is -2.24. The zero-order valence-corrected chi connectivity index (χ0v) is 20.1. The Morgan fingerprint density at radius 2 is 1.68 bits per heavy atom. The Kier molecular flexibility index (Phi) is 10.1. The van der Waals surface area contributed by atoms with Gasteiger partial charge in [0.15, 0.2) is 0 Å². The van der Waals surface area contributed by atoms with E-state index in [1.165, 1.54) is 0 Å². The number of hydrogen-bond donors (Lipinski definition) is 1. The normalized spacial score (nSPS) is 19.1. The highest BCUT2D eigenvalue weighted by atomic mass is 79.9. The molecule has 0 spiro atoms. The highest BCUT2D eigenvalue weighted by molar-refractivity contribution is 9.10. The number of ether oxygens (including phenoxy) is 1. The van der Waals surface area contributed by atoms with E-state index in [1.54, 1.807) is 36.8 Å². The van der Waals surface area contributed by atoms with Crippen molar-refractivity contribution in [3.05, 3.63) is 51.4 Å². The number of rotatable bonds is 3. The first-order chi connectivity index (χ1) is 14.6. The van der Waals surface area contributed by atoms with Crippen LogP contribution in [0.1, 0.15) is 18.4 Å². The average Bonchev–Trinajstić information content (AvgIpc) is 3.26. The number of pyridine rings is 2. The summed E-state index contributed by atoms with van der Waals surface area (Å²) in [7, 11) is 1.61. The van der Waals surface area contributed by atoms with Crippen LogP contribution in [0.5, 0.6) is 5.75 Å². The number of hydrogen-bond acceptors (Lipinski definition) is 5. The number of aromatic nitrogens is 2. The lowest BCUT2D eigenvalue weighted by Gasteiger charge is -2.15. The highest BCUT2D eigenvalue weighted by Crippen LogP contribution is 2.28. The summed E-state index contributed by atoms with van der Waals surface area (Å²) in [6.45, 7) is 1.20. The molecule has 2 aliphatic rings. The zero-order valence-electron chi connectivity index (χ0n) is 16.9. The lowest BCUT2D eigenvalue weighted by atomic mass is 10.3. The predicted octanol–water partition coefficient (Wildman–Crippen LogP) is 5.15. The lowest BCUT2D eigenvalue weighted by molar-refractivity contribution is 0.0114. The standard InChI is InChI=1S/C10H11BrF2N2.C6H6BrNO.C4H7F2N/c11-9-3-8(4-14-5-9)6-15-2-1-10(12,13)7-15;1-9-6-2-5(7)3-8-4-6;5-4(6)1-2-7-3-4/h3-5H,1-2,6-7H2;2-4H,1H3;7H,1-3H2. The molecule has 4 heterocycles. The third-order valence-corrected chi connectivity index (χ3v) is 5.25. The molecule has 0 bridgehead atoms. The minimum atomic E-state index is -2.51. The van der Waals surface area contributed by atoms with Gasteiger partial charge in [-0.1, -0.05) is 0 Å². The van der Waals surface area contributed by atoms with Crippen LogP contribution in [-0.2, 0) is 6.54 Å². The second-order valence-electron chi connectivity index (χ2n) is 7.15. The summed E-state index contributed by atoms with van der Waals surface area (Å²) < 4.78 is 56.3. The van der Waals surface area contributed by atoms with E-state index in [4.69, 9.17) is 4.74 Å². The van der Waals surface area contributed by atoms with Crippen LogP contribution in [0.15, 0.2) is 45.9 Å². The summed E-state index contributed by atoms with van der Waals surface area (Å²) in [6, 6.07) is 3.76. The molecule has 0 aromatic carbocycles. The average molecular weight is 572 g/mol. The number of likely N-dealkylation sites (tertiary alicyclic amines) is 1. The molecule has 172 valence electrons. The van der Waals surface area contributed by atoms with Crippen molar-refractivity contribution in [3.8, 4) is 5.75 Å². The maximum atomic E-state index is 12.9. The van der Waals surface area contributed by atoms with E-state index in [1.807, 2.05) is 12.1 Å². The molecule has 0 atom stereocenters. The Hall–Kier alpha value is -1.30. The maximum absolute atomic E-state index is 12.9. The molecule has 2 aromatic heterocycles. The second kappa shape index (κ2) is 12.1. The van der Waals surface area contributed by atoms with E-state index < -0.39 is 11.8 Å². The quantitative estimate of drug-likeness (QED) is 0.516. The van der Waals surface area contributed by atoms with Crippen molar-refractivity contribution in [1.82, 2.24) is 20.2 Å². The van der Waals surface area contributed by atoms with Gasteiger partial charge in [0.05, 0.1) is 26.4 Å². The Bertz CT molecular complexity index is 821. The van der Waals surface area contributed by atoms with Crippen molar-refractivity contribution in [2.45, 2.75) is 31.2 Å². The Morgan fingerprint density at radius 3 is 2.10 bits per heavy atom. The SMILES string of the molecule is COc1cncc(Br)c1.FC1(F)CCN(Cc2cncc(Br)c2)C1.FC1(F)CCNC1. The van der Waals surface area contributed by atoms with Gasteiger partial charge >= 0.3 is 0 Å². The molecule has 0 unspecified atom stereocenters. The molecule has 0 amide bonds. The zero-order chi connectivity index (χ0) is 22.9. The summed E-state index contributed by atoms with van der Waals surface area (Å²) in [5.41, 5.74) is 0.960. The van der Waals surface area contributed by atoms with E-state index >= 15 is 0 Å². The Labute approximate surface area is 195 Å². The summed E-state index contributed by atoms with van der Waals surface area (Å²) >= 11 is 6.57. The second-order valence-corrected chi connectivity index (χ2v) is 8.99. The first kappa shape index (κ1) is 26.0. The van der Waals surface area contributed by atoms with Gasteiger partial charge in [-0.15, -0.1) is 0 Å². The number of halogens is 6. The molecule has 11 heteroatoms. The van der Waals surface area contributed by atoms with E-state index in [0.29, 0.717) is 19.6 Å². The van der Waals surface area contributed by atoms with Crippen molar-refractivity contribution >= 4 is 31.9 Å². The van der Waals surface area contributed by atoms with Crippen LogP contribution < -0.4 is 10.1 Å². The topological polar surface area (TPSA) is 50.3 Å². The van der Waals surface area contributed by atoms with Crippen LogP contribution in [-0.4, -0.2) is 60.0 Å². The summed E-state index contributed by atoms with van der Waals surface area (Å²) in [5, 5.41) is 2.56. The van der Waals surface area contributed by atoms with Gasteiger partial charge in [-0.25, -0.2) is 17.6 Å². The maximum Gasteiger partial charge on any atom is 0.261 e. The third kappa shape index (κ3) is 10.2. The van der Waals surface area contributed by atoms with Crippen molar-refractivity contribution < 1.29 is 22.3 Å². The van der Waals surface area contributed by atoms with Crippen LogP contribution >= 0.6 is 31.9 Å². The van der Waals surface area contributed by atoms with Crippen LogP contribution in [0, 0.1) is 0 Å². The molecule has 2 fully saturated rings. The minimum Gasteiger partial charge on any atom is -0.495 e. The van der Waals surface area contributed by atoms with Gasteiger partial charge in [-0.2, -0.15) is 0 Å². The van der Waals surface area contributed by atoms with Crippen LogP contribution in [0.2, 0.25) is 0 Å². The van der Waals surface area contributed by atoms with Gasteiger partial charge < -0.3 is 10.1 Å². The molecule has 0 saturated carbocycles. The van der Waals surface area contributed by atoms with E-state index in [-0.39, 0.29) is 25.9 Å². The van der Waals surface area contributed by atoms with Gasteiger partial charge in [0, 0.05) is 60.0 Å².